The van der Waals surface area contributed by atoms with Gasteiger partial charge in [-0.25, -0.2) is 0 Å². The lowest BCUT2D eigenvalue weighted by Gasteiger charge is -2.09. The molecule has 2 rings (SSSR count). The first-order valence-corrected chi connectivity index (χ1v) is 6.86. The van der Waals surface area contributed by atoms with Crippen LogP contribution in [0.15, 0.2) is 35.5 Å². The smallest absolute Gasteiger partial charge is 0.278 e. The zero-order chi connectivity index (χ0) is 13.8. The molecule has 1 aromatic heterocycles. The molecular formula is C13H14N2O3S. The largest absolute Gasteiger partial charge is 0.396 e. The van der Waals surface area contributed by atoms with Gasteiger partial charge >= 0.3 is 0 Å². The number of non-ortho nitro benzene ring substituents is 1. The Balaban J connectivity index is 2.41. The van der Waals surface area contributed by atoms with Crippen LogP contribution in [0.1, 0.15) is 6.92 Å². The van der Waals surface area contributed by atoms with Crippen molar-refractivity contribution in [1.29, 1.82) is 0 Å². The Labute approximate surface area is 114 Å². The Morgan fingerprint density at radius 3 is 2.89 bits per heavy atom. The van der Waals surface area contributed by atoms with Crippen LogP contribution in [0, 0.1) is 16.0 Å². The number of nitro groups is 1. The average molecular weight is 278 g/mol. The summed E-state index contributed by atoms with van der Waals surface area (Å²) >= 11 is 1.59. The quantitative estimate of drug-likeness (QED) is 0.517. The Morgan fingerprint density at radius 1 is 1.42 bits per heavy atom. The molecule has 0 fully saturated rings. The van der Waals surface area contributed by atoms with Gasteiger partial charge < -0.3 is 5.11 Å². The number of hydrogen-bond donors (Lipinski definition) is 1. The van der Waals surface area contributed by atoms with Crippen LogP contribution in [-0.2, 0) is 0 Å². The summed E-state index contributed by atoms with van der Waals surface area (Å²) in [4.78, 5) is 15.5. The first kappa shape index (κ1) is 13.8. The first-order chi connectivity index (χ1) is 9.13. The number of aliphatic hydroxyl groups excluding tert-OH is 1. The maximum atomic E-state index is 11.0. The SMILES string of the molecule is C[C@H](CO)CSc1ccc([N+](=O)[O-])c2cnccc12. The summed E-state index contributed by atoms with van der Waals surface area (Å²) in [6.45, 7) is 2.10. The van der Waals surface area contributed by atoms with Crippen LogP contribution in [0.4, 0.5) is 5.69 Å². The van der Waals surface area contributed by atoms with Gasteiger partial charge in [-0.1, -0.05) is 6.92 Å². The lowest BCUT2D eigenvalue weighted by atomic mass is 10.1. The predicted molar refractivity (Wildman–Crippen MR) is 75.4 cm³/mol. The number of fused-ring (bicyclic) bond motifs is 1. The van der Waals surface area contributed by atoms with Crippen molar-refractivity contribution in [2.45, 2.75) is 11.8 Å². The van der Waals surface area contributed by atoms with Crippen LogP contribution in [-0.4, -0.2) is 27.4 Å². The highest BCUT2D eigenvalue weighted by Gasteiger charge is 2.14. The lowest BCUT2D eigenvalue weighted by Crippen LogP contribution is -2.03. The fourth-order valence-corrected chi connectivity index (χ4v) is 2.78. The van der Waals surface area contributed by atoms with Gasteiger partial charge in [0.15, 0.2) is 0 Å². The Morgan fingerprint density at radius 2 is 2.21 bits per heavy atom. The monoisotopic (exact) mass is 278 g/mol. The summed E-state index contributed by atoms with van der Waals surface area (Å²) in [5.41, 5.74) is 0.0719. The van der Waals surface area contributed by atoms with Crippen LogP contribution in [0.25, 0.3) is 10.8 Å². The molecule has 0 aliphatic heterocycles. The van der Waals surface area contributed by atoms with E-state index in [1.54, 1.807) is 30.1 Å². The Bertz CT molecular complexity index is 603. The normalized spacial score (nSPS) is 12.5. The zero-order valence-corrected chi connectivity index (χ0v) is 11.3. The summed E-state index contributed by atoms with van der Waals surface area (Å²) in [6, 6.07) is 5.06. The van der Waals surface area contributed by atoms with Gasteiger partial charge in [-0.3, -0.25) is 15.1 Å². The van der Waals surface area contributed by atoms with Gasteiger partial charge in [0.2, 0.25) is 0 Å². The van der Waals surface area contributed by atoms with E-state index in [0.717, 1.165) is 16.0 Å². The molecule has 19 heavy (non-hydrogen) atoms. The van der Waals surface area contributed by atoms with Crippen molar-refractivity contribution in [3.8, 4) is 0 Å². The molecule has 6 heteroatoms. The lowest BCUT2D eigenvalue weighted by molar-refractivity contribution is -0.383. The third-order valence-electron chi connectivity index (χ3n) is 2.79. The second-order valence-corrected chi connectivity index (χ2v) is 5.42. The highest BCUT2D eigenvalue weighted by atomic mass is 32.2. The first-order valence-electron chi connectivity index (χ1n) is 5.88. The highest BCUT2D eigenvalue weighted by Crippen LogP contribution is 2.33. The molecule has 1 heterocycles. The molecule has 0 saturated heterocycles. The maximum Gasteiger partial charge on any atom is 0.278 e. The fourth-order valence-electron chi connectivity index (χ4n) is 1.72. The van der Waals surface area contributed by atoms with Gasteiger partial charge in [0.25, 0.3) is 5.69 Å². The number of aromatic nitrogens is 1. The van der Waals surface area contributed by atoms with Gasteiger partial charge in [0.05, 0.1) is 10.3 Å². The van der Waals surface area contributed by atoms with Crippen molar-refractivity contribution >= 4 is 28.2 Å². The summed E-state index contributed by atoms with van der Waals surface area (Å²) in [5, 5.41) is 21.4. The van der Waals surface area contributed by atoms with E-state index < -0.39 is 4.92 Å². The molecule has 1 atom stereocenters. The summed E-state index contributed by atoms with van der Waals surface area (Å²) in [7, 11) is 0. The van der Waals surface area contributed by atoms with E-state index >= 15 is 0 Å². The van der Waals surface area contributed by atoms with E-state index in [4.69, 9.17) is 5.11 Å². The van der Waals surface area contributed by atoms with Crippen molar-refractivity contribution in [2.24, 2.45) is 5.92 Å². The number of aliphatic hydroxyl groups is 1. The molecule has 0 unspecified atom stereocenters. The molecule has 0 spiro atoms. The van der Waals surface area contributed by atoms with Gasteiger partial charge in [0, 0.05) is 41.1 Å². The van der Waals surface area contributed by atoms with E-state index in [0.29, 0.717) is 5.39 Å². The van der Waals surface area contributed by atoms with Gasteiger partial charge in [-0.05, 0) is 18.1 Å². The summed E-state index contributed by atoms with van der Waals surface area (Å²) in [6.07, 6.45) is 3.15. The molecule has 0 aliphatic carbocycles. The number of nitro benzene ring substituents is 1. The highest BCUT2D eigenvalue weighted by molar-refractivity contribution is 7.99. The number of nitrogens with zero attached hydrogens (tertiary/aromatic N) is 2. The number of thioether (sulfide) groups is 1. The standard InChI is InChI=1S/C13H14N2O3S/c1-9(7-16)8-19-13-3-2-12(15(17)18)11-6-14-5-4-10(11)13/h2-6,9,16H,7-8H2,1H3/t9-/m1/s1. The molecule has 0 aliphatic rings. The molecule has 0 bridgehead atoms. The third kappa shape index (κ3) is 3.02. The molecule has 1 aromatic carbocycles. The van der Waals surface area contributed by atoms with Crippen molar-refractivity contribution in [3.63, 3.8) is 0 Å². The third-order valence-corrected chi connectivity index (χ3v) is 4.19. The predicted octanol–water partition coefficient (Wildman–Crippen LogP) is 2.86. The summed E-state index contributed by atoms with van der Waals surface area (Å²) < 4.78 is 0. The molecular weight excluding hydrogens is 264 g/mol. The van der Waals surface area contributed by atoms with Gasteiger partial charge in [0.1, 0.15) is 0 Å². The second-order valence-electron chi connectivity index (χ2n) is 4.36. The topological polar surface area (TPSA) is 76.3 Å². The van der Waals surface area contributed by atoms with E-state index in [9.17, 15) is 10.1 Å². The Kier molecular flexibility index (Phi) is 4.34. The minimum atomic E-state index is -0.394. The van der Waals surface area contributed by atoms with Crippen molar-refractivity contribution in [1.82, 2.24) is 4.98 Å². The maximum absolute atomic E-state index is 11.0. The molecule has 100 valence electrons. The van der Waals surface area contributed by atoms with E-state index in [1.165, 1.54) is 12.3 Å². The van der Waals surface area contributed by atoms with Crippen molar-refractivity contribution in [3.05, 3.63) is 40.7 Å². The Hall–Kier alpha value is -1.66. The van der Waals surface area contributed by atoms with E-state index in [-0.39, 0.29) is 18.2 Å². The van der Waals surface area contributed by atoms with Gasteiger partial charge in [-0.2, -0.15) is 0 Å². The van der Waals surface area contributed by atoms with Crippen LogP contribution in [0.2, 0.25) is 0 Å². The van der Waals surface area contributed by atoms with Crippen molar-refractivity contribution < 1.29 is 10.0 Å². The van der Waals surface area contributed by atoms with Crippen LogP contribution < -0.4 is 0 Å². The second kappa shape index (κ2) is 5.99. The van der Waals surface area contributed by atoms with Crippen LogP contribution >= 0.6 is 11.8 Å². The fraction of sp³-hybridized carbons (Fsp3) is 0.308. The number of hydrogen-bond acceptors (Lipinski definition) is 5. The molecule has 0 radical (unpaired) electrons. The molecule has 1 N–H and O–H groups in total. The number of rotatable bonds is 5. The summed E-state index contributed by atoms with van der Waals surface area (Å²) in [5.74, 6) is 0.961. The van der Waals surface area contributed by atoms with Crippen molar-refractivity contribution in [2.75, 3.05) is 12.4 Å². The minimum Gasteiger partial charge on any atom is -0.396 e. The molecule has 0 amide bonds. The average Bonchev–Trinajstić information content (AvgIpc) is 2.43. The number of benzene rings is 1. The minimum absolute atomic E-state index is 0.0719. The zero-order valence-electron chi connectivity index (χ0n) is 10.4. The van der Waals surface area contributed by atoms with Crippen LogP contribution in [0.5, 0.6) is 0 Å². The van der Waals surface area contributed by atoms with Crippen LogP contribution in [0.3, 0.4) is 0 Å². The number of pyridine rings is 1. The molecule has 0 saturated carbocycles. The van der Waals surface area contributed by atoms with E-state index in [1.807, 2.05) is 6.92 Å². The van der Waals surface area contributed by atoms with E-state index in [2.05, 4.69) is 4.98 Å². The van der Waals surface area contributed by atoms with Gasteiger partial charge in [-0.15, -0.1) is 11.8 Å². The molecule has 2 aromatic rings. The molecule has 5 nitrogen and oxygen atoms in total.